The van der Waals surface area contributed by atoms with Crippen molar-refractivity contribution in [2.75, 3.05) is 5.75 Å². The van der Waals surface area contributed by atoms with E-state index in [2.05, 4.69) is 0 Å². The lowest BCUT2D eigenvalue weighted by molar-refractivity contribution is 0.157. The van der Waals surface area contributed by atoms with Crippen molar-refractivity contribution < 1.29 is 18.1 Å². The first-order valence-electron chi connectivity index (χ1n) is 4.09. The average molecular weight is 196 g/mol. The molecule has 2 N–H and O–H groups in total. The van der Waals surface area contributed by atoms with Gasteiger partial charge in [-0.05, 0) is 12.8 Å². The zero-order chi connectivity index (χ0) is 9.61. The highest BCUT2D eigenvalue weighted by molar-refractivity contribution is 7.85. The molecule has 1 unspecified atom stereocenters. The maximum atomic E-state index is 10.3. The average Bonchev–Trinajstić information content (AvgIpc) is 1.95. The Labute approximate surface area is 73.4 Å². The van der Waals surface area contributed by atoms with E-state index < -0.39 is 16.2 Å². The molecule has 0 spiro atoms. The van der Waals surface area contributed by atoms with Crippen LogP contribution in [0.4, 0.5) is 0 Å². The monoisotopic (exact) mass is 196 g/mol. The van der Waals surface area contributed by atoms with Gasteiger partial charge in [0.1, 0.15) is 0 Å². The number of aliphatic hydroxyl groups excluding tert-OH is 1. The van der Waals surface area contributed by atoms with E-state index in [1.54, 1.807) is 0 Å². The fourth-order valence-corrected chi connectivity index (χ4v) is 1.44. The molecule has 12 heavy (non-hydrogen) atoms. The molecular formula is C7H16O4S. The normalized spacial score (nSPS) is 14.6. The van der Waals surface area contributed by atoms with Crippen molar-refractivity contribution in [3.63, 3.8) is 0 Å². The highest BCUT2D eigenvalue weighted by atomic mass is 32.2. The maximum Gasteiger partial charge on any atom is 0.264 e. The molecule has 0 radical (unpaired) electrons. The van der Waals surface area contributed by atoms with Crippen molar-refractivity contribution in [3.05, 3.63) is 0 Å². The topological polar surface area (TPSA) is 74.6 Å². The van der Waals surface area contributed by atoms with Crippen LogP contribution in [-0.2, 0) is 10.1 Å². The molecule has 74 valence electrons. The zero-order valence-electron chi connectivity index (χ0n) is 7.23. The summed E-state index contributed by atoms with van der Waals surface area (Å²) >= 11 is 0. The molecule has 0 aliphatic rings. The minimum absolute atomic E-state index is 0.124. The summed E-state index contributed by atoms with van der Waals surface area (Å²) in [4.78, 5) is 0. The second-order valence-corrected chi connectivity index (χ2v) is 4.44. The second kappa shape index (κ2) is 5.50. The molecule has 0 rings (SSSR count). The summed E-state index contributed by atoms with van der Waals surface area (Å²) in [5, 5.41) is 9.17. The van der Waals surface area contributed by atoms with Crippen LogP contribution in [0.3, 0.4) is 0 Å². The lowest BCUT2D eigenvalue weighted by atomic mass is 10.1. The van der Waals surface area contributed by atoms with Gasteiger partial charge in [0.25, 0.3) is 10.1 Å². The lowest BCUT2D eigenvalue weighted by Gasteiger charge is -2.07. The first-order chi connectivity index (χ1) is 5.45. The highest BCUT2D eigenvalue weighted by Gasteiger charge is 2.09. The third-order valence-corrected chi connectivity index (χ3v) is 2.35. The van der Waals surface area contributed by atoms with Gasteiger partial charge in [-0.25, -0.2) is 0 Å². The molecule has 0 amide bonds. The van der Waals surface area contributed by atoms with Crippen LogP contribution in [0.1, 0.15) is 32.6 Å². The Hall–Kier alpha value is -0.130. The smallest absolute Gasteiger partial charge is 0.264 e. The van der Waals surface area contributed by atoms with E-state index in [1.807, 2.05) is 6.92 Å². The van der Waals surface area contributed by atoms with Crippen molar-refractivity contribution in [1.29, 1.82) is 0 Å². The van der Waals surface area contributed by atoms with Gasteiger partial charge in [0.05, 0.1) is 11.9 Å². The molecule has 0 aromatic heterocycles. The van der Waals surface area contributed by atoms with Crippen LogP contribution in [0.2, 0.25) is 0 Å². The summed E-state index contributed by atoms with van der Waals surface area (Å²) in [7, 11) is -3.90. The summed E-state index contributed by atoms with van der Waals surface area (Å²) in [5.41, 5.74) is 0. The van der Waals surface area contributed by atoms with Crippen molar-refractivity contribution in [1.82, 2.24) is 0 Å². The summed E-state index contributed by atoms with van der Waals surface area (Å²) < 4.78 is 28.9. The number of hydrogen-bond acceptors (Lipinski definition) is 3. The molecule has 0 aromatic rings. The predicted octanol–water partition coefficient (Wildman–Crippen LogP) is 0.815. The lowest BCUT2D eigenvalue weighted by Crippen LogP contribution is -2.13. The third-order valence-electron chi connectivity index (χ3n) is 1.60. The Balaban J connectivity index is 3.51. The zero-order valence-corrected chi connectivity index (χ0v) is 8.05. The second-order valence-electron chi connectivity index (χ2n) is 2.87. The van der Waals surface area contributed by atoms with E-state index in [-0.39, 0.29) is 12.2 Å². The van der Waals surface area contributed by atoms with Crippen LogP contribution in [-0.4, -0.2) is 29.9 Å². The van der Waals surface area contributed by atoms with Crippen LogP contribution >= 0.6 is 0 Å². The molecule has 0 bridgehead atoms. The largest absolute Gasteiger partial charge is 0.393 e. The summed E-state index contributed by atoms with van der Waals surface area (Å²) in [6.45, 7) is 2.00. The van der Waals surface area contributed by atoms with E-state index in [0.29, 0.717) is 6.42 Å². The van der Waals surface area contributed by atoms with Crippen molar-refractivity contribution in [2.45, 2.75) is 38.7 Å². The Morgan fingerprint density at radius 2 is 1.92 bits per heavy atom. The molecule has 0 saturated carbocycles. The van der Waals surface area contributed by atoms with Crippen molar-refractivity contribution in [3.8, 4) is 0 Å². The van der Waals surface area contributed by atoms with Crippen LogP contribution in [0.5, 0.6) is 0 Å². The van der Waals surface area contributed by atoms with E-state index >= 15 is 0 Å². The molecular weight excluding hydrogens is 180 g/mol. The van der Waals surface area contributed by atoms with E-state index in [0.717, 1.165) is 12.8 Å². The first-order valence-corrected chi connectivity index (χ1v) is 5.70. The van der Waals surface area contributed by atoms with E-state index in [4.69, 9.17) is 9.66 Å². The predicted molar refractivity (Wildman–Crippen MR) is 46.6 cm³/mol. The Bertz CT molecular complexity index is 197. The van der Waals surface area contributed by atoms with Crippen molar-refractivity contribution >= 4 is 10.1 Å². The molecule has 0 aliphatic carbocycles. The fraction of sp³-hybridized carbons (Fsp3) is 1.00. The molecule has 5 heteroatoms. The van der Waals surface area contributed by atoms with Gasteiger partial charge in [-0.2, -0.15) is 8.42 Å². The molecule has 0 fully saturated rings. The summed E-state index contributed by atoms with van der Waals surface area (Å²) in [6, 6.07) is 0. The van der Waals surface area contributed by atoms with Gasteiger partial charge in [0.15, 0.2) is 0 Å². The minimum atomic E-state index is -3.90. The molecule has 0 aliphatic heterocycles. The van der Waals surface area contributed by atoms with Crippen LogP contribution < -0.4 is 0 Å². The first kappa shape index (κ1) is 11.9. The van der Waals surface area contributed by atoms with Gasteiger partial charge in [0, 0.05) is 0 Å². The Morgan fingerprint density at radius 3 is 2.33 bits per heavy atom. The fourth-order valence-electron chi connectivity index (χ4n) is 0.869. The maximum absolute atomic E-state index is 10.3. The van der Waals surface area contributed by atoms with E-state index in [9.17, 15) is 8.42 Å². The molecule has 0 aromatic carbocycles. The number of aliphatic hydroxyl groups is 1. The number of unbranched alkanes of at least 4 members (excludes halogenated alkanes) is 1. The van der Waals surface area contributed by atoms with Gasteiger partial charge in [-0.15, -0.1) is 0 Å². The molecule has 4 nitrogen and oxygen atoms in total. The Morgan fingerprint density at radius 1 is 1.33 bits per heavy atom. The summed E-state index contributed by atoms with van der Waals surface area (Å²) in [6.07, 6.45) is 1.98. The van der Waals surface area contributed by atoms with Crippen LogP contribution in [0.25, 0.3) is 0 Å². The van der Waals surface area contributed by atoms with Gasteiger partial charge in [0.2, 0.25) is 0 Å². The van der Waals surface area contributed by atoms with E-state index in [1.165, 1.54) is 0 Å². The van der Waals surface area contributed by atoms with Gasteiger partial charge in [-0.1, -0.05) is 19.8 Å². The van der Waals surface area contributed by atoms with Gasteiger partial charge >= 0.3 is 0 Å². The summed E-state index contributed by atoms with van der Waals surface area (Å²) in [5.74, 6) is -0.349. The number of hydrogen-bond donors (Lipinski definition) is 2. The van der Waals surface area contributed by atoms with Crippen LogP contribution in [0.15, 0.2) is 0 Å². The molecule has 0 heterocycles. The van der Waals surface area contributed by atoms with Gasteiger partial charge < -0.3 is 5.11 Å². The molecule has 1 atom stereocenters. The van der Waals surface area contributed by atoms with Crippen LogP contribution in [0, 0.1) is 0 Å². The quantitative estimate of drug-likeness (QED) is 0.617. The van der Waals surface area contributed by atoms with Crippen molar-refractivity contribution in [2.24, 2.45) is 0 Å². The third kappa shape index (κ3) is 7.97. The number of rotatable bonds is 6. The standard InChI is InChI=1S/C7H16O4S/c1-2-3-4-7(8)5-6-12(9,10)11/h7-8H,2-6H2,1H3,(H,9,10,11). The van der Waals surface area contributed by atoms with Gasteiger partial charge in [-0.3, -0.25) is 4.55 Å². The Kier molecular flexibility index (Phi) is 5.44. The highest BCUT2D eigenvalue weighted by Crippen LogP contribution is 2.04. The minimum Gasteiger partial charge on any atom is -0.393 e. The molecule has 0 saturated heterocycles. The SMILES string of the molecule is CCCCC(O)CCS(=O)(=O)O.